The zero-order chi connectivity index (χ0) is 20.8. The van der Waals surface area contributed by atoms with E-state index >= 15 is 0 Å². The van der Waals surface area contributed by atoms with E-state index in [2.05, 4.69) is 21.2 Å². The molecule has 0 heterocycles. The summed E-state index contributed by atoms with van der Waals surface area (Å²) in [5.74, 6) is -1.18. The van der Waals surface area contributed by atoms with Crippen molar-refractivity contribution in [1.82, 2.24) is 10.2 Å². The smallest absolute Gasteiger partial charge is 0.242 e. The normalized spacial score (nSPS) is 12.0. The molecule has 0 aliphatic heterocycles. The summed E-state index contributed by atoms with van der Waals surface area (Å²) in [4.78, 5) is 27.0. The number of hydrogen-bond acceptors (Lipinski definition) is 2. The van der Waals surface area contributed by atoms with Crippen LogP contribution in [0.3, 0.4) is 0 Å². The lowest BCUT2D eigenvalue weighted by Gasteiger charge is -2.29. The number of nitrogens with one attached hydrogen (secondary N) is 1. The Kier molecular flexibility index (Phi) is 8.01. The van der Waals surface area contributed by atoms with E-state index in [1.54, 1.807) is 13.0 Å². The molecule has 28 heavy (non-hydrogen) atoms. The lowest BCUT2D eigenvalue weighted by atomic mass is 10.1. The second-order valence-corrected chi connectivity index (χ2v) is 8.19. The molecule has 0 aliphatic rings. The maximum Gasteiger partial charge on any atom is 0.242 e. The molecule has 4 nitrogen and oxygen atoms in total. The SMILES string of the molecule is CC(C)NC(=O)C(C)N(Cc1cccc(Br)c1)C(=O)Cc1c(F)cccc1Cl. The van der Waals surface area contributed by atoms with E-state index in [-0.39, 0.29) is 41.4 Å². The second-order valence-electron chi connectivity index (χ2n) is 6.87. The highest BCUT2D eigenvalue weighted by Crippen LogP contribution is 2.22. The topological polar surface area (TPSA) is 49.4 Å². The first kappa shape index (κ1) is 22.4. The molecule has 0 saturated carbocycles. The Bertz CT molecular complexity index is 840. The van der Waals surface area contributed by atoms with Gasteiger partial charge in [-0.3, -0.25) is 9.59 Å². The number of rotatable bonds is 7. The summed E-state index contributed by atoms with van der Waals surface area (Å²) in [6.45, 7) is 5.59. The second kappa shape index (κ2) is 10.0. The van der Waals surface area contributed by atoms with Crippen LogP contribution in [0.5, 0.6) is 0 Å². The Morgan fingerprint density at radius 2 is 1.86 bits per heavy atom. The van der Waals surface area contributed by atoms with Crippen LogP contribution >= 0.6 is 27.5 Å². The third-order valence-corrected chi connectivity index (χ3v) is 5.08. The number of halogens is 3. The highest BCUT2D eigenvalue weighted by Gasteiger charge is 2.27. The molecule has 2 rings (SSSR count). The molecule has 7 heteroatoms. The fourth-order valence-corrected chi connectivity index (χ4v) is 3.45. The summed E-state index contributed by atoms with van der Waals surface area (Å²) in [6.07, 6.45) is -0.223. The lowest BCUT2D eigenvalue weighted by molar-refractivity contribution is -0.140. The van der Waals surface area contributed by atoms with Crippen molar-refractivity contribution in [1.29, 1.82) is 0 Å². The highest BCUT2D eigenvalue weighted by atomic mass is 79.9. The van der Waals surface area contributed by atoms with Crippen molar-refractivity contribution in [2.24, 2.45) is 0 Å². The molecule has 0 aliphatic carbocycles. The van der Waals surface area contributed by atoms with Gasteiger partial charge in [-0.15, -0.1) is 0 Å². The van der Waals surface area contributed by atoms with Crippen LogP contribution in [-0.4, -0.2) is 28.8 Å². The molecular formula is C21H23BrClFN2O2. The van der Waals surface area contributed by atoms with E-state index in [0.717, 1.165) is 10.0 Å². The maximum absolute atomic E-state index is 14.1. The number of carbonyl (C=O) groups is 2. The Labute approximate surface area is 178 Å². The number of benzene rings is 2. The van der Waals surface area contributed by atoms with E-state index in [0.29, 0.717) is 0 Å². The summed E-state index contributed by atoms with van der Waals surface area (Å²) >= 11 is 9.48. The molecule has 1 N–H and O–H groups in total. The van der Waals surface area contributed by atoms with Gasteiger partial charge < -0.3 is 10.2 Å². The molecule has 1 atom stereocenters. The number of carbonyl (C=O) groups excluding carboxylic acids is 2. The van der Waals surface area contributed by atoms with Crippen LogP contribution < -0.4 is 5.32 Å². The van der Waals surface area contributed by atoms with E-state index in [1.165, 1.54) is 17.0 Å². The zero-order valence-corrected chi connectivity index (χ0v) is 18.3. The molecular weight excluding hydrogens is 447 g/mol. The molecule has 0 fully saturated rings. The Morgan fingerprint density at radius 1 is 1.18 bits per heavy atom. The summed E-state index contributed by atoms with van der Waals surface area (Å²) in [5.41, 5.74) is 0.983. The molecule has 2 amide bonds. The number of nitrogens with zero attached hydrogens (tertiary/aromatic N) is 1. The molecule has 0 spiro atoms. The van der Waals surface area contributed by atoms with Crippen LogP contribution in [-0.2, 0) is 22.6 Å². The van der Waals surface area contributed by atoms with Gasteiger partial charge >= 0.3 is 0 Å². The van der Waals surface area contributed by atoms with E-state index in [9.17, 15) is 14.0 Å². The fraction of sp³-hybridized carbons (Fsp3) is 0.333. The first-order valence-electron chi connectivity index (χ1n) is 8.96. The molecule has 2 aromatic carbocycles. The van der Waals surface area contributed by atoms with Crippen molar-refractivity contribution < 1.29 is 14.0 Å². The van der Waals surface area contributed by atoms with Crippen LogP contribution in [0.2, 0.25) is 5.02 Å². The van der Waals surface area contributed by atoms with Crippen molar-refractivity contribution in [3.05, 3.63) is 68.9 Å². The molecule has 150 valence electrons. The summed E-state index contributed by atoms with van der Waals surface area (Å²) in [7, 11) is 0. The van der Waals surface area contributed by atoms with Gasteiger partial charge in [0.05, 0.1) is 6.42 Å². The van der Waals surface area contributed by atoms with Gasteiger partial charge in [0.2, 0.25) is 11.8 Å². The maximum atomic E-state index is 14.1. The van der Waals surface area contributed by atoms with Crippen LogP contribution in [0.4, 0.5) is 4.39 Å². The molecule has 0 saturated heterocycles. The molecule has 0 bridgehead atoms. The van der Waals surface area contributed by atoms with Gasteiger partial charge in [0, 0.05) is 27.6 Å². The molecule has 0 aromatic heterocycles. The first-order valence-corrected chi connectivity index (χ1v) is 10.1. The van der Waals surface area contributed by atoms with Gasteiger partial charge in [-0.05, 0) is 50.6 Å². The Hall–Kier alpha value is -1.92. The Balaban J connectivity index is 2.30. The lowest BCUT2D eigenvalue weighted by Crippen LogP contribution is -2.49. The monoisotopic (exact) mass is 468 g/mol. The number of hydrogen-bond donors (Lipinski definition) is 1. The van der Waals surface area contributed by atoms with Crippen molar-refractivity contribution in [3.8, 4) is 0 Å². The Morgan fingerprint density at radius 3 is 2.46 bits per heavy atom. The van der Waals surface area contributed by atoms with Crippen molar-refractivity contribution >= 4 is 39.3 Å². The van der Waals surface area contributed by atoms with E-state index < -0.39 is 11.9 Å². The van der Waals surface area contributed by atoms with Gasteiger partial charge in [-0.2, -0.15) is 0 Å². The molecule has 2 aromatic rings. The largest absolute Gasteiger partial charge is 0.352 e. The quantitative estimate of drug-likeness (QED) is 0.637. The van der Waals surface area contributed by atoms with Gasteiger partial charge in [0.1, 0.15) is 11.9 Å². The van der Waals surface area contributed by atoms with Gasteiger partial charge in [-0.25, -0.2) is 4.39 Å². The predicted octanol–water partition coefficient (Wildman–Crippen LogP) is 4.73. The summed E-state index contributed by atoms with van der Waals surface area (Å²) < 4.78 is 15.0. The van der Waals surface area contributed by atoms with Crippen LogP contribution in [0.25, 0.3) is 0 Å². The average Bonchev–Trinajstić information content (AvgIpc) is 2.61. The third kappa shape index (κ3) is 6.04. The standard InChI is InChI=1S/C21H23BrClFN2O2/c1-13(2)25-21(28)14(3)26(12-15-6-4-7-16(22)10-15)20(27)11-17-18(23)8-5-9-19(17)24/h4-10,13-14H,11-12H2,1-3H3,(H,25,28). The third-order valence-electron chi connectivity index (χ3n) is 4.23. The fourth-order valence-electron chi connectivity index (χ4n) is 2.77. The van der Waals surface area contributed by atoms with E-state index in [4.69, 9.17) is 11.6 Å². The van der Waals surface area contributed by atoms with Crippen molar-refractivity contribution in [3.63, 3.8) is 0 Å². The van der Waals surface area contributed by atoms with E-state index in [1.807, 2.05) is 38.1 Å². The minimum absolute atomic E-state index is 0.0567. The van der Waals surface area contributed by atoms with Crippen molar-refractivity contribution in [2.45, 2.75) is 45.8 Å². The van der Waals surface area contributed by atoms with Gasteiger partial charge in [0.25, 0.3) is 0 Å². The number of amides is 2. The minimum atomic E-state index is -0.723. The minimum Gasteiger partial charge on any atom is -0.352 e. The predicted molar refractivity (Wildman–Crippen MR) is 113 cm³/mol. The molecule has 1 unspecified atom stereocenters. The van der Waals surface area contributed by atoms with Crippen LogP contribution in [0.1, 0.15) is 31.9 Å². The zero-order valence-electron chi connectivity index (χ0n) is 16.0. The average molecular weight is 470 g/mol. The van der Waals surface area contributed by atoms with Gasteiger partial charge in [-0.1, -0.05) is 45.7 Å². The van der Waals surface area contributed by atoms with Gasteiger partial charge in [0.15, 0.2) is 0 Å². The van der Waals surface area contributed by atoms with Crippen molar-refractivity contribution in [2.75, 3.05) is 0 Å². The molecule has 0 radical (unpaired) electrons. The van der Waals surface area contributed by atoms with Crippen LogP contribution in [0.15, 0.2) is 46.9 Å². The highest BCUT2D eigenvalue weighted by molar-refractivity contribution is 9.10. The summed E-state index contributed by atoms with van der Waals surface area (Å²) in [6, 6.07) is 11.0. The summed E-state index contributed by atoms with van der Waals surface area (Å²) in [5, 5.41) is 3.01. The first-order chi connectivity index (χ1) is 13.2. The van der Waals surface area contributed by atoms with Crippen LogP contribution in [0, 0.1) is 5.82 Å².